The molecule has 7 heteroatoms. The van der Waals surface area contributed by atoms with Crippen LogP contribution in [0.2, 0.25) is 0 Å². The Kier molecular flexibility index (Phi) is 6.41. The molecule has 1 aromatic heterocycles. The van der Waals surface area contributed by atoms with Gasteiger partial charge in [-0.3, -0.25) is 9.36 Å². The van der Waals surface area contributed by atoms with Crippen molar-refractivity contribution in [2.75, 3.05) is 6.61 Å². The molecule has 0 fully saturated rings. The Morgan fingerprint density at radius 3 is 2.95 bits per heavy atom. The van der Waals surface area contributed by atoms with Crippen molar-refractivity contribution in [1.82, 2.24) is 14.9 Å². The number of ether oxygens (including phenoxy) is 1. The summed E-state index contributed by atoms with van der Waals surface area (Å²) >= 11 is 0. The molecule has 0 radical (unpaired) electrons. The number of rotatable bonds is 8. The van der Waals surface area contributed by atoms with Gasteiger partial charge in [0.25, 0.3) is 0 Å². The van der Waals surface area contributed by atoms with Crippen molar-refractivity contribution in [3.8, 4) is 0 Å². The van der Waals surface area contributed by atoms with E-state index in [1.54, 1.807) is 6.92 Å². The molecule has 1 atom stereocenters. The normalized spacial score (nSPS) is 12.7. The molecule has 0 saturated carbocycles. The smallest absolute Gasteiger partial charge is 0.319 e. The average molecular weight is 275 g/mol. The summed E-state index contributed by atoms with van der Waals surface area (Å²) in [5, 5.41) is 2.53. The Labute approximate surface area is 111 Å². The van der Waals surface area contributed by atoms with E-state index < -0.39 is 12.7 Å². The van der Waals surface area contributed by atoms with Gasteiger partial charge in [0.2, 0.25) is 5.91 Å². The van der Waals surface area contributed by atoms with Gasteiger partial charge in [-0.15, -0.1) is 0 Å². The van der Waals surface area contributed by atoms with Crippen molar-refractivity contribution < 1.29 is 18.3 Å². The van der Waals surface area contributed by atoms with E-state index in [1.165, 1.54) is 12.4 Å². The molecule has 1 N–H and O–H groups in total. The van der Waals surface area contributed by atoms with E-state index in [4.69, 9.17) is 4.74 Å². The zero-order valence-electron chi connectivity index (χ0n) is 11.1. The van der Waals surface area contributed by atoms with Gasteiger partial charge in [0.05, 0.1) is 6.54 Å². The molecule has 19 heavy (non-hydrogen) atoms. The average Bonchev–Trinajstić information content (AvgIpc) is 2.84. The summed E-state index contributed by atoms with van der Waals surface area (Å²) in [7, 11) is 0. The highest BCUT2D eigenvalue weighted by Crippen LogP contribution is 2.11. The Balaban J connectivity index is 2.39. The van der Waals surface area contributed by atoms with Gasteiger partial charge in [-0.2, -0.15) is 8.78 Å². The largest absolute Gasteiger partial charge is 0.369 e. The minimum Gasteiger partial charge on any atom is -0.369 e. The number of carbonyl (C=O) groups excluding carboxylic acids is 1. The SMILES string of the molecule is CCCCO[C@H](C)C(=O)NCc1nccn1C(F)F. The standard InChI is InChI=1S/C12H19F2N3O2/c1-3-4-7-19-9(2)11(18)16-8-10-15-5-6-17(10)12(13)14/h5-6,9,12H,3-4,7-8H2,1-2H3,(H,16,18)/t9-/m1/s1. The highest BCUT2D eigenvalue weighted by atomic mass is 19.3. The molecule has 5 nitrogen and oxygen atoms in total. The number of nitrogens with zero attached hydrogens (tertiary/aromatic N) is 2. The van der Waals surface area contributed by atoms with Gasteiger partial charge in [-0.1, -0.05) is 13.3 Å². The molecular weight excluding hydrogens is 256 g/mol. The van der Waals surface area contributed by atoms with E-state index in [0.29, 0.717) is 11.2 Å². The Bertz CT molecular complexity index is 396. The number of hydrogen-bond donors (Lipinski definition) is 1. The predicted molar refractivity (Wildman–Crippen MR) is 65.6 cm³/mol. The Hall–Kier alpha value is -1.50. The highest BCUT2D eigenvalue weighted by molar-refractivity contribution is 5.80. The van der Waals surface area contributed by atoms with Crippen molar-refractivity contribution in [2.45, 2.75) is 45.9 Å². The molecular formula is C12H19F2N3O2. The molecule has 0 spiro atoms. The fourth-order valence-electron chi connectivity index (χ4n) is 1.45. The van der Waals surface area contributed by atoms with Crippen molar-refractivity contribution in [3.63, 3.8) is 0 Å². The summed E-state index contributed by atoms with van der Waals surface area (Å²) < 4.78 is 31.1. The van der Waals surface area contributed by atoms with E-state index in [2.05, 4.69) is 10.3 Å². The second-order valence-corrected chi connectivity index (χ2v) is 4.11. The molecule has 0 saturated heterocycles. The number of amides is 1. The first kappa shape index (κ1) is 15.6. The molecule has 0 bridgehead atoms. The fourth-order valence-corrected chi connectivity index (χ4v) is 1.45. The fraction of sp³-hybridized carbons (Fsp3) is 0.667. The van der Waals surface area contributed by atoms with Crippen LogP contribution in [0.15, 0.2) is 12.4 Å². The third kappa shape index (κ3) is 4.94. The quantitative estimate of drug-likeness (QED) is 0.739. The summed E-state index contributed by atoms with van der Waals surface area (Å²) in [4.78, 5) is 15.4. The number of halogens is 2. The third-order valence-corrected chi connectivity index (χ3v) is 2.61. The van der Waals surface area contributed by atoms with Crippen LogP contribution < -0.4 is 5.32 Å². The topological polar surface area (TPSA) is 56.1 Å². The maximum atomic E-state index is 12.5. The molecule has 1 rings (SSSR count). The summed E-state index contributed by atoms with van der Waals surface area (Å²) in [5.74, 6) is -0.218. The number of nitrogens with one attached hydrogen (secondary N) is 1. The summed E-state index contributed by atoms with van der Waals surface area (Å²) in [6, 6.07) is 0. The molecule has 0 aliphatic heterocycles. The highest BCUT2D eigenvalue weighted by Gasteiger charge is 2.15. The van der Waals surface area contributed by atoms with Crippen LogP contribution in [-0.4, -0.2) is 28.2 Å². The third-order valence-electron chi connectivity index (χ3n) is 2.61. The first-order chi connectivity index (χ1) is 9.06. The molecule has 1 heterocycles. The van der Waals surface area contributed by atoms with Crippen molar-refractivity contribution in [1.29, 1.82) is 0 Å². The monoisotopic (exact) mass is 275 g/mol. The van der Waals surface area contributed by atoms with E-state index in [0.717, 1.165) is 12.8 Å². The summed E-state index contributed by atoms with van der Waals surface area (Å²) in [5.41, 5.74) is 0. The predicted octanol–water partition coefficient (Wildman–Crippen LogP) is 2.10. The molecule has 0 aliphatic rings. The summed E-state index contributed by atoms with van der Waals surface area (Å²) in [6.45, 7) is 1.46. The molecule has 0 aliphatic carbocycles. The molecule has 1 amide bonds. The van der Waals surface area contributed by atoms with Crippen LogP contribution in [0.1, 0.15) is 39.1 Å². The number of carbonyl (C=O) groups is 1. The van der Waals surface area contributed by atoms with Gasteiger partial charge in [0.1, 0.15) is 11.9 Å². The molecule has 0 aromatic carbocycles. The van der Waals surface area contributed by atoms with Crippen LogP contribution in [0.3, 0.4) is 0 Å². The molecule has 0 unspecified atom stereocenters. The van der Waals surface area contributed by atoms with Crippen LogP contribution in [0.5, 0.6) is 0 Å². The van der Waals surface area contributed by atoms with Crippen LogP contribution >= 0.6 is 0 Å². The zero-order chi connectivity index (χ0) is 14.3. The van der Waals surface area contributed by atoms with Crippen LogP contribution in [0.25, 0.3) is 0 Å². The number of imidazole rings is 1. The lowest BCUT2D eigenvalue weighted by atomic mass is 10.3. The van der Waals surface area contributed by atoms with E-state index in [-0.39, 0.29) is 18.3 Å². The van der Waals surface area contributed by atoms with E-state index >= 15 is 0 Å². The van der Waals surface area contributed by atoms with Gasteiger partial charge in [-0.25, -0.2) is 4.98 Å². The van der Waals surface area contributed by atoms with Crippen molar-refractivity contribution in [2.24, 2.45) is 0 Å². The molecule has 1 aromatic rings. The minimum absolute atomic E-state index is 0.0440. The number of unbranched alkanes of at least 4 members (excludes halogenated alkanes) is 1. The lowest BCUT2D eigenvalue weighted by Gasteiger charge is -2.13. The van der Waals surface area contributed by atoms with Gasteiger partial charge < -0.3 is 10.1 Å². The number of alkyl halides is 2. The van der Waals surface area contributed by atoms with E-state index in [1.807, 2.05) is 6.92 Å². The number of aromatic nitrogens is 2. The Morgan fingerprint density at radius 1 is 1.58 bits per heavy atom. The maximum absolute atomic E-state index is 12.5. The van der Waals surface area contributed by atoms with Crippen LogP contribution in [-0.2, 0) is 16.1 Å². The second kappa shape index (κ2) is 7.83. The van der Waals surface area contributed by atoms with Crippen LogP contribution in [0, 0.1) is 0 Å². The van der Waals surface area contributed by atoms with Gasteiger partial charge in [-0.05, 0) is 13.3 Å². The lowest BCUT2D eigenvalue weighted by molar-refractivity contribution is -0.132. The van der Waals surface area contributed by atoms with E-state index in [9.17, 15) is 13.6 Å². The van der Waals surface area contributed by atoms with Gasteiger partial charge in [0.15, 0.2) is 0 Å². The minimum atomic E-state index is -2.66. The number of hydrogen-bond acceptors (Lipinski definition) is 3. The van der Waals surface area contributed by atoms with Crippen molar-refractivity contribution >= 4 is 5.91 Å². The first-order valence-electron chi connectivity index (χ1n) is 6.25. The van der Waals surface area contributed by atoms with Gasteiger partial charge in [0, 0.05) is 19.0 Å². The Morgan fingerprint density at radius 2 is 2.32 bits per heavy atom. The first-order valence-corrected chi connectivity index (χ1v) is 6.25. The zero-order valence-corrected chi connectivity index (χ0v) is 11.1. The second-order valence-electron chi connectivity index (χ2n) is 4.11. The van der Waals surface area contributed by atoms with Crippen molar-refractivity contribution in [3.05, 3.63) is 18.2 Å². The van der Waals surface area contributed by atoms with Gasteiger partial charge >= 0.3 is 6.55 Å². The summed E-state index contributed by atoms with van der Waals surface area (Å²) in [6.07, 6.45) is 3.72. The maximum Gasteiger partial charge on any atom is 0.319 e. The van der Waals surface area contributed by atoms with Crippen LogP contribution in [0.4, 0.5) is 8.78 Å². The lowest BCUT2D eigenvalue weighted by Crippen LogP contribution is -2.35. The molecule has 108 valence electrons.